The van der Waals surface area contributed by atoms with Gasteiger partial charge in [-0.15, -0.1) is 11.3 Å². The lowest BCUT2D eigenvalue weighted by atomic mass is 9.85. The molecule has 2 N–H and O–H groups in total. The maximum absolute atomic E-state index is 13.2. The number of benzene rings is 1. The summed E-state index contributed by atoms with van der Waals surface area (Å²) in [6.07, 6.45) is 1.74. The number of imidazole rings is 1. The summed E-state index contributed by atoms with van der Waals surface area (Å²) in [5, 5.41) is 13.7. The van der Waals surface area contributed by atoms with Crippen molar-refractivity contribution in [3.8, 4) is 11.3 Å². The van der Waals surface area contributed by atoms with Gasteiger partial charge in [0.1, 0.15) is 17.3 Å². The smallest absolute Gasteiger partial charge is 0.303 e. The molecule has 0 aliphatic heterocycles. The molecule has 2 heterocycles. The third-order valence-electron chi connectivity index (χ3n) is 3.91. The number of anilines is 1. The summed E-state index contributed by atoms with van der Waals surface area (Å²) >= 11 is 1.42. The Morgan fingerprint density at radius 2 is 1.96 bits per heavy atom. The number of carboxylic acid groups (broad SMARTS) is 1. The zero-order valence-electron chi connectivity index (χ0n) is 14.3. The number of carboxylic acids is 1. The Kier molecular flexibility index (Phi) is 4.78. The van der Waals surface area contributed by atoms with Gasteiger partial charge in [-0.2, -0.15) is 0 Å². The van der Waals surface area contributed by atoms with Gasteiger partial charge in [0.15, 0.2) is 4.96 Å². The summed E-state index contributed by atoms with van der Waals surface area (Å²) in [4.78, 5) is 28.7. The van der Waals surface area contributed by atoms with Crippen molar-refractivity contribution in [2.24, 2.45) is 5.41 Å². The molecule has 0 saturated heterocycles. The first-order chi connectivity index (χ1) is 12.2. The molecular weight excluding hydrogens is 357 g/mol. The Hall–Kier alpha value is -2.74. The van der Waals surface area contributed by atoms with E-state index < -0.39 is 11.4 Å². The van der Waals surface area contributed by atoms with Gasteiger partial charge in [0.05, 0.1) is 6.42 Å². The number of fused-ring (bicyclic) bond motifs is 1. The number of rotatable bonds is 6. The molecule has 1 amide bonds. The first-order valence-corrected chi connectivity index (χ1v) is 8.86. The molecule has 26 heavy (non-hydrogen) atoms. The predicted molar refractivity (Wildman–Crippen MR) is 97.7 cm³/mol. The van der Waals surface area contributed by atoms with E-state index in [0.717, 1.165) is 0 Å². The number of halogens is 1. The van der Waals surface area contributed by atoms with E-state index in [1.54, 1.807) is 36.6 Å². The molecule has 0 radical (unpaired) electrons. The summed E-state index contributed by atoms with van der Waals surface area (Å²) in [5.74, 6) is -1.10. The Bertz CT molecular complexity index is 960. The molecular formula is C18H18FN3O3S. The molecule has 0 fully saturated rings. The molecule has 0 spiro atoms. The third kappa shape index (κ3) is 3.91. The Morgan fingerprint density at radius 1 is 1.27 bits per heavy atom. The van der Waals surface area contributed by atoms with E-state index in [-0.39, 0.29) is 24.6 Å². The molecule has 0 aliphatic carbocycles. The second kappa shape index (κ2) is 6.87. The zero-order chi connectivity index (χ0) is 18.9. The van der Waals surface area contributed by atoms with E-state index in [4.69, 9.17) is 5.11 Å². The van der Waals surface area contributed by atoms with Crippen LogP contribution >= 0.6 is 11.3 Å². The predicted octanol–water partition coefficient (Wildman–Crippen LogP) is 4.03. The maximum atomic E-state index is 13.2. The normalized spacial score (nSPS) is 11.7. The van der Waals surface area contributed by atoms with Gasteiger partial charge in [0.2, 0.25) is 5.91 Å². The number of carbonyl (C=O) groups excluding carboxylic acids is 1. The van der Waals surface area contributed by atoms with Crippen molar-refractivity contribution in [1.29, 1.82) is 0 Å². The third-order valence-corrected chi connectivity index (χ3v) is 4.66. The quantitative estimate of drug-likeness (QED) is 0.681. The minimum absolute atomic E-state index is 0.0551. The minimum Gasteiger partial charge on any atom is -0.481 e. The van der Waals surface area contributed by atoms with Crippen molar-refractivity contribution >= 4 is 34.0 Å². The van der Waals surface area contributed by atoms with Crippen molar-refractivity contribution in [2.45, 2.75) is 26.7 Å². The number of nitrogens with zero attached hydrogens (tertiary/aromatic N) is 2. The van der Waals surface area contributed by atoms with E-state index in [1.165, 1.54) is 23.5 Å². The Morgan fingerprint density at radius 3 is 2.62 bits per heavy atom. The van der Waals surface area contributed by atoms with Crippen LogP contribution in [0.5, 0.6) is 0 Å². The van der Waals surface area contributed by atoms with Crippen molar-refractivity contribution in [2.75, 3.05) is 5.32 Å². The Balaban J connectivity index is 1.90. The highest BCUT2D eigenvalue weighted by atomic mass is 32.1. The molecule has 8 heteroatoms. The van der Waals surface area contributed by atoms with Crippen LogP contribution in [0.4, 0.5) is 10.2 Å². The highest BCUT2D eigenvalue weighted by molar-refractivity contribution is 7.15. The SMILES string of the molecule is CC(C)(CC(=O)O)CC(=O)Nc1c(-c2ccc(F)cc2)nc2sccn12. The average molecular weight is 375 g/mol. The van der Waals surface area contributed by atoms with Crippen LogP contribution in [0.25, 0.3) is 16.2 Å². The lowest BCUT2D eigenvalue weighted by Crippen LogP contribution is -2.25. The van der Waals surface area contributed by atoms with Gasteiger partial charge in [0, 0.05) is 23.6 Å². The molecule has 0 unspecified atom stereocenters. The summed E-state index contributed by atoms with van der Waals surface area (Å²) in [7, 11) is 0. The molecule has 136 valence electrons. The lowest BCUT2D eigenvalue weighted by molar-refractivity contribution is -0.139. The molecule has 0 atom stereocenters. The van der Waals surface area contributed by atoms with Crippen LogP contribution in [0.15, 0.2) is 35.8 Å². The number of amides is 1. The van der Waals surface area contributed by atoms with Crippen LogP contribution in [0.2, 0.25) is 0 Å². The van der Waals surface area contributed by atoms with Crippen molar-refractivity contribution in [1.82, 2.24) is 9.38 Å². The number of aliphatic carboxylic acids is 1. The van der Waals surface area contributed by atoms with Crippen molar-refractivity contribution < 1.29 is 19.1 Å². The summed E-state index contributed by atoms with van der Waals surface area (Å²) in [6.45, 7) is 3.47. The zero-order valence-corrected chi connectivity index (χ0v) is 15.1. The molecule has 3 rings (SSSR count). The largest absolute Gasteiger partial charge is 0.481 e. The molecule has 0 bridgehead atoms. The van der Waals surface area contributed by atoms with Crippen molar-refractivity contribution in [3.05, 3.63) is 41.7 Å². The second-order valence-electron chi connectivity index (χ2n) is 6.83. The van der Waals surface area contributed by atoms with Crippen LogP contribution in [0.3, 0.4) is 0 Å². The molecule has 2 aromatic heterocycles. The van der Waals surface area contributed by atoms with Crippen molar-refractivity contribution in [3.63, 3.8) is 0 Å². The number of aromatic nitrogens is 2. The van der Waals surface area contributed by atoms with E-state index >= 15 is 0 Å². The summed E-state index contributed by atoms with van der Waals surface area (Å²) < 4.78 is 15.0. The number of hydrogen-bond acceptors (Lipinski definition) is 4. The van der Waals surface area contributed by atoms with E-state index in [1.807, 2.05) is 5.38 Å². The summed E-state index contributed by atoms with van der Waals surface area (Å²) in [6, 6.07) is 5.88. The number of nitrogens with one attached hydrogen (secondary N) is 1. The first-order valence-electron chi connectivity index (χ1n) is 7.98. The molecule has 1 aromatic carbocycles. The van der Waals surface area contributed by atoms with Crippen LogP contribution in [0, 0.1) is 11.2 Å². The number of thiazole rings is 1. The van der Waals surface area contributed by atoms with E-state index in [0.29, 0.717) is 22.0 Å². The fourth-order valence-electron chi connectivity index (χ4n) is 2.80. The van der Waals surface area contributed by atoms with Gasteiger partial charge in [-0.3, -0.25) is 14.0 Å². The van der Waals surface area contributed by atoms with Gasteiger partial charge in [-0.05, 0) is 29.7 Å². The minimum atomic E-state index is -0.945. The van der Waals surface area contributed by atoms with Gasteiger partial charge < -0.3 is 10.4 Å². The molecule has 6 nitrogen and oxygen atoms in total. The highest BCUT2D eigenvalue weighted by Gasteiger charge is 2.26. The average Bonchev–Trinajstić information content (AvgIpc) is 3.09. The van der Waals surface area contributed by atoms with E-state index in [9.17, 15) is 14.0 Å². The Labute approximate surface area is 153 Å². The number of carbonyl (C=O) groups is 2. The van der Waals surface area contributed by atoms with Gasteiger partial charge in [0.25, 0.3) is 0 Å². The standard InChI is InChI=1S/C18H18FN3O3S/c1-18(2,10-14(24)25)9-13(23)20-16-15(11-3-5-12(19)6-4-11)21-17-22(16)7-8-26-17/h3-8H,9-10H2,1-2H3,(H,20,23)(H,24,25). The first kappa shape index (κ1) is 18.1. The maximum Gasteiger partial charge on any atom is 0.303 e. The lowest BCUT2D eigenvalue weighted by Gasteiger charge is -2.21. The molecule has 0 saturated carbocycles. The van der Waals surface area contributed by atoms with Gasteiger partial charge in [-0.1, -0.05) is 13.8 Å². The van der Waals surface area contributed by atoms with Crippen LogP contribution in [-0.4, -0.2) is 26.4 Å². The fraction of sp³-hybridized carbons (Fsp3) is 0.278. The second-order valence-corrected chi connectivity index (χ2v) is 7.70. The highest BCUT2D eigenvalue weighted by Crippen LogP contribution is 2.32. The van der Waals surface area contributed by atoms with Gasteiger partial charge >= 0.3 is 5.97 Å². The van der Waals surface area contributed by atoms with Crippen LogP contribution in [0.1, 0.15) is 26.7 Å². The fourth-order valence-corrected chi connectivity index (χ4v) is 3.51. The molecule has 0 aliphatic rings. The summed E-state index contributed by atoms with van der Waals surface area (Å²) in [5.41, 5.74) is 0.549. The monoisotopic (exact) mass is 375 g/mol. The van der Waals surface area contributed by atoms with Gasteiger partial charge in [-0.25, -0.2) is 9.37 Å². The topological polar surface area (TPSA) is 83.7 Å². The molecule has 3 aromatic rings. The van der Waals surface area contributed by atoms with E-state index in [2.05, 4.69) is 10.3 Å². The van der Waals surface area contributed by atoms with Crippen LogP contribution < -0.4 is 5.32 Å². The van der Waals surface area contributed by atoms with Crippen LogP contribution in [-0.2, 0) is 9.59 Å². The number of hydrogen-bond donors (Lipinski definition) is 2.